The summed E-state index contributed by atoms with van der Waals surface area (Å²) in [7, 11) is 0. The Balaban J connectivity index is 1.66. The van der Waals surface area contributed by atoms with E-state index in [0.29, 0.717) is 0 Å². The Kier molecular flexibility index (Phi) is 4.19. The van der Waals surface area contributed by atoms with Crippen LogP contribution in [0.1, 0.15) is 18.4 Å². The highest BCUT2D eigenvalue weighted by atomic mass is 15.1. The third kappa shape index (κ3) is 3.22. The van der Waals surface area contributed by atoms with Gasteiger partial charge in [0, 0.05) is 25.3 Å². The number of hydrogen-bond donors (Lipinski definition) is 2. The summed E-state index contributed by atoms with van der Waals surface area (Å²) in [5, 5.41) is 3.45. The Hall–Kier alpha value is -1.06. The number of para-hydroxylation sites is 1. The Bertz CT molecular complexity index is 319. The van der Waals surface area contributed by atoms with Crippen LogP contribution in [-0.4, -0.2) is 31.1 Å². The first kappa shape index (κ1) is 11.4. The predicted octanol–water partition coefficient (Wildman–Crippen LogP) is 1.45. The Morgan fingerprint density at radius 2 is 1.94 bits per heavy atom. The molecule has 16 heavy (non-hydrogen) atoms. The monoisotopic (exact) mass is 219 g/mol. The number of nitrogen functional groups attached to an aromatic ring is 1. The van der Waals surface area contributed by atoms with Crippen LogP contribution in [0.5, 0.6) is 0 Å². The van der Waals surface area contributed by atoms with E-state index in [1.807, 2.05) is 18.2 Å². The fraction of sp³-hybridized carbons (Fsp3) is 0.538. The molecule has 1 aliphatic rings. The fourth-order valence-corrected chi connectivity index (χ4v) is 2.16. The third-order valence-corrected chi connectivity index (χ3v) is 3.17. The molecule has 0 spiro atoms. The van der Waals surface area contributed by atoms with Crippen molar-refractivity contribution in [3.05, 3.63) is 29.8 Å². The average molecular weight is 219 g/mol. The van der Waals surface area contributed by atoms with Crippen molar-refractivity contribution < 1.29 is 0 Å². The van der Waals surface area contributed by atoms with E-state index in [2.05, 4.69) is 16.3 Å². The average Bonchev–Trinajstić information content (AvgIpc) is 2.79. The molecule has 0 saturated carbocycles. The predicted molar refractivity (Wildman–Crippen MR) is 68.2 cm³/mol. The van der Waals surface area contributed by atoms with Gasteiger partial charge in [0.2, 0.25) is 0 Å². The van der Waals surface area contributed by atoms with E-state index in [0.717, 1.165) is 25.3 Å². The molecular weight excluding hydrogens is 198 g/mol. The molecule has 2 rings (SSSR count). The molecule has 1 aliphatic heterocycles. The van der Waals surface area contributed by atoms with E-state index in [1.165, 1.54) is 31.5 Å². The number of rotatable bonds is 5. The van der Waals surface area contributed by atoms with Crippen LogP contribution in [0.2, 0.25) is 0 Å². The molecule has 3 nitrogen and oxygen atoms in total. The molecule has 1 fully saturated rings. The van der Waals surface area contributed by atoms with Crippen LogP contribution in [0.4, 0.5) is 5.69 Å². The van der Waals surface area contributed by atoms with Crippen molar-refractivity contribution in [2.45, 2.75) is 19.4 Å². The number of benzene rings is 1. The summed E-state index contributed by atoms with van der Waals surface area (Å²) in [4.78, 5) is 2.52. The molecule has 3 heteroatoms. The summed E-state index contributed by atoms with van der Waals surface area (Å²) >= 11 is 0. The van der Waals surface area contributed by atoms with Gasteiger partial charge in [-0.1, -0.05) is 18.2 Å². The number of nitrogens with two attached hydrogens (primary N) is 1. The van der Waals surface area contributed by atoms with Gasteiger partial charge in [-0.05, 0) is 37.6 Å². The maximum absolute atomic E-state index is 5.87. The van der Waals surface area contributed by atoms with E-state index in [-0.39, 0.29) is 0 Å². The second-order valence-electron chi connectivity index (χ2n) is 4.42. The Labute approximate surface area is 97.6 Å². The van der Waals surface area contributed by atoms with Gasteiger partial charge in [-0.25, -0.2) is 0 Å². The van der Waals surface area contributed by atoms with Gasteiger partial charge in [-0.2, -0.15) is 0 Å². The van der Waals surface area contributed by atoms with E-state index in [9.17, 15) is 0 Å². The molecule has 0 bridgehead atoms. The van der Waals surface area contributed by atoms with Gasteiger partial charge in [0.15, 0.2) is 0 Å². The number of nitrogens with zero attached hydrogens (tertiary/aromatic N) is 1. The highest BCUT2D eigenvalue weighted by Gasteiger charge is 2.09. The standard InChI is InChI=1S/C13H21N3/c14-13-6-2-1-5-12(13)11-15-7-10-16-8-3-4-9-16/h1-2,5-6,15H,3-4,7-11,14H2. The molecule has 1 heterocycles. The van der Waals surface area contributed by atoms with Crippen LogP contribution >= 0.6 is 0 Å². The van der Waals surface area contributed by atoms with Crippen LogP contribution in [-0.2, 0) is 6.54 Å². The van der Waals surface area contributed by atoms with Gasteiger partial charge >= 0.3 is 0 Å². The molecule has 3 N–H and O–H groups in total. The van der Waals surface area contributed by atoms with Gasteiger partial charge in [-0.15, -0.1) is 0 Å². The summed E-state index contributed by atoms with van der Waals surface area (Å²) < 4.78 is 0. The molecule has 1 aromatic rings. The molecule has 0 amide bonds. The van der Waals surface area contributed by atoms with E-state index in [4.69, 9.17) is 5.73 Å². The van der Waals surface area contributed by atoms with Crippen molar-refractivity contribution >= 4 is 5.69 Å². The van der Waals surface area contributed by atoms with Gasteiger partial charge in [-0.3, -0.25) is 0 Å². The quantitative estimate of drug-likeness (QED) is 0.582. The van der Waals surface area contributed by atoms with Crippen molar-refractivity contribution in [3.63, 3.8) is 0 Å². The van der Waals surface area contributed by atoms with Crippen LogP contribution in [0.25, 0.3) is 0 Å². The molecule has 0 aromatic heterocycles. The lowest BCUT2D eigenvalue weighted by Crippen LogP contribution is -2.29. The molecule has 0 aliphatic carbocycles. The number of hydrogen-bond acceptors (Lipinski definition) is 3. The van der Waals surface area contributed by atoms with E-state index in [1.54, 1.807) is 0 Å². The highest BCUT2D eigenvalue weighted by molar-refractivity contribution is 5.46. The van der Waals surface area contributed by atoms with E-state index >= 15 is 0 Å². The zero-order valence-corrected chi connectivity index (χ0v) is 9.78. The summed E-state index contributed by atoms with van der Waals surface area (Å²) in [6.45, 7) is 5.63. The minimum Gasteiger partial charge on any atom is -0.398 e. The SMILES string of the molecule is Nc1ccccc1CNCCN1CCCC1. The second-order valence-corrected chi connectivity index (χ2v) is 4.42. The normalized spacial score (nSPS) is 16.8. The number of nitrogens with one attached hydrogen (secondary N) is 1. The molecular formula is C13H21N3. The zero-order valence-electron chi connectivity index (χ0n) is 9.78. The smallest absolute Gasteiger partial charge is 0.0359 e. The van der Waals surface area contributed by atoms with Crippen molar-refractivity contribution in [2.75, 3.05) is 31.9 Å². The van der Waals surface area contributed by atoms with Gasteiger partial charge in [0.25, 0.3) is 0 Å². The molecule has 0 radical (unpaired) electrons. The van der Waals surface area contributed by atoms with Crippen molar-refractivity contribution in [1.82, 2.24) is 10.2 Å². The summed E-state index contributed by atoms with van der Waals surface area (Å²) in [5.41, 5.74) is 7.96. The Morgan fingerprint density at radius 3 is 2.69 bits per heavy atom. The first-order valence-electron chi connectivity index (χ1n) is 6.13. The highest BCUT2D eigenvalue weighted by Crippen LogP contribution is 2.09. The molecule has 1 saturated heterocycles. The van der Waals surface area contributed by atoms with E-state index < -0.39 is 0 Å². The van der Waals surface area contributed by atoms with Gasteiger partial charge in [0.05, 0.1) is 0 Å². The van der Waals surface area contributed by atoms with Crippen LogP contribution < -0.4 is 11.1 Å². The van der Waals surface area contributed by atoms with Crippen LogP contribution in [0, 0.1) is 0 Å². The molecule has 0 unspecified atom stereocenters. The maximum atomic E-state index is 5.87. The molecule has 0 atom stereocenters. The third-order valence-electron chi connectivity index (χ3n) is 3.17. The first-order valence-corrected chi connectivity index (χ1v) is 6.13. The van der Waals surface area contributed by atoms with Crippen molar-refractivity contribution in [3.8, 4) is 0 Å². The lowest BCUT2D eigenvalue weighted by atomic mass is 10.2. The second kappa shape index (κ2) is 5.87. The first-order chi connectivity index (χ1) is 7.86. The van der Waals surface area contributed by atoms with Gasteiger partial charge in [0.1, 0.15) is 0 Å². The van der Waals surface area contributed by atoms with Gasteiger partial charge < -0.3 is 16.0 Å². The minimum absolute atomic E-state index is 0.876. The summed E-state index contributed by atoms with van der Waals surface area (Å²) in [5.74, 6) is 0. The summed E-state index contributed by atoms with van der Waals surface area (Å²) in [6.07, 6.45) is 2.73. The zero-order chi connectivity index (χ0) is 11.2. The fourth-order valence-electron chi connectivity index (χ4n) is 2.16. The van der Waals surface area contributed by atoms with Crippen molar-refractivity contribution in [1.29, 1.82) is 0 Å². The topological polar surface area (TPSA) is 41.3 Å². The summed E-state index contributed by atoms with van der Waals surface area (Å²) in [6, 6.07) is 8.05. The minimum atomic E-state index is 0.876. The van der Waals surface area contributed by atoms with Crippen LogP contribution in [0.3, 0.4) is 0 Å². The maximum Gasteiger partial charge on any atom is 0.0359 e. The lowest BCUT2D eigenvalue weighted by Gasteiger charge is -2.15. The molecule has 1 aromatic carbocycles. The largest absolute Gasteiger partial charge is 0.398 e. The lowest BCUT2D eigenvalue weighted by molar-refractivity contribution is 0.336. The number of likely N-dealkylation sites (tertiary alicyclic amines) is 1. The van der Waals surface area contributed by atoms with Crippen LogP contribution in [0.15, 0.2) is 24.3 Å². The Morgan fingerprint density at radius 1 is 1.19 bits per heavy atom. The molecule has 88 valence electrons. The number of anilines is 1. The van der Waals surface area contributed by atoms with Crippen molar-refractivity contribution in [2.24, 2.45) is 0 Å².